The predicted molar refractivity (Wildman–Crippen MR) is 116 cm³/mol. The highest BCUT2D eigenvalue weighted by Crippen LogP contribution is 2.26. The first-order valence-electron chi connectivity index (χ1n) is 10.3. The van der Waals surface area contributed by atoms with Gasteiger partial charge in [0.25, 0.3) is 0 Å². The zero-order chi connectivity index (χ0) is 22.0. The van der Waals surface area contributed by atoms with Crippen molar-refractivity contribution in [1.29, 1.82) is 0 Å². The molecule has 168 valence electrons. The van der Waals surface area contributed by atoms with E-state index in [1.165, 1.54) is 12.1 Å². The van der Waals surface area contributed by atoms with E-state index in [-0.39, 0.29) is 17.8 Å². The van der Waals surface area contributed by atoms with Crippen LogP contribution in [0.15, 0.2) is 30.3 Å². The molecule has 1 atom stereocenters. The molecule has 2 aromatic rings. The maximum Gasteiger partial charge on any atom is 0.435 e. The van der Waals surface area contributed by atoms with Crippen molar-refractivity contribution in [1.82, 2.24) is 14.5 Å². The molecule has 0 aliphatic carbocycles. The zero-order valence-electron chi connectivity index (χ0n) is 17.4. The molecule has 2 aliphatic rings. The smallest absolute Gasteiger partial charge is 0.435 e. The topological polar surface area (TPSA) is 90.6 Å². The van der Waals surface area contributed by atoms with Gasteiger partial charge in [0.2, 0.25) is 11.8 Å². The van der Waals surface area contributed by atoms with Gasteiger partial charge in [0.15, 0.2) is 0 Å². The fourth-order valence-electron chi connectivity index (χ4n) is 4.00. The van der Waals surface area contributed by atoms with Gasteiger partial charge < -0.3 is 29.6 Å². The average Bonchev–Trinajstić information content (AvgIpc) is 3.08. The Kier molecular flexibility index (Phi) is 6.45. The van der Waals surface area contributed by atoms with Crippen molar-refractivity contribution < 1.29 is 24.6 Å². The summed E-state index contributed by atoms with van der Waals surface area (Å²) in [4.78, 5) is 23.7. The number of aromatic hydroxyl groups is 2. The number of carbonyl (C=O) groups is 1. The highest BCUT2D eigenvalue weighted by Gasteiger charge is 2.30. The third-order valence-electron chi connectivity index (χ3n) is 5.72. The van der Waals surface area contributed by atoms with E-state index in [2.05, 4.69) is 21.9 Å². The van der Waals surface area contributed by atoms with E-state index in [9.17, 15) is 15.0 Å². The van der Waals surface area contributed by atoms with E-state index in [0.717, 1.165) is 42.6 Å². The number of piperazine rings is 1. The number of aromatic nitrogens is 1. The number of hydrogen-bond donors (Lipinski definition) is 2. The summed E-state index contributed by atoms with van der Waals surface area (Å²) >= 11 is 6.57. The van der Waals surface area contributed by atoms with Crippen LogP contribution in [0.25, 0.3) is 0 Å². The van der Waals surface area contributed by atoms with Crippen LogP contribution >= 0.6 is 11.6 Å². The van der Waals surface area contributed by atoms with Crippen molar-refractivity contribution in [2.45, 2.75) is 19.5 Å². The van der Waals surface area contributed by atoms with E-state index in [1.54, 1.807) is 4.90 Å². The Balaban J connectivity index is 1.34. The van der Waals surface area contributed by atoms with Crippen molar-refractivity contribution in [3.05, 3.63) is 40.9 Å². The third kappa shape index (κ3) is 4.84. The van der Waals surface area contributed by atoms with Crippen molar-refractivity contribution in [2.75, 3.05) is 50.8 Å². The van der Waals surface area contributed by atoms with E-state index >= 15 is 0 Å². The number of halogens is 1. The second kappa shape index (κ2) is 9.25. The Morgan fingerprint density at radius 3 is 2.48 bits per heavy atom. The summed E-state index contributed by atoms with van der Waals surface area (Å²) in [6.07, 6.45) is -0.623. The molecule has 31 heavy (non-hydrogen) atoms. The minimum absolute atomic E-state index is 0.104. The Hall–Kier alpha value is -2.62. The summed E-state index contributed by atoms with van der Waals surface area (Å²) in [7, 11) is 0. The molecule has 1 amide bonds. The number of anilines is 1. The highest BCUT2D eigenvalue weighted by atomic mass is 35.5. The van der Waals surface area contributed by atoms with Gasteiger partial charge in [0.1, 0.15) is 0 Å². The van der Waals surface area contributed by atoms with E-state index in [1.807, 2.05) is 13.0 Å². The van der Waals surface area contributed by atoms with Crippen molar-refractivity contribution in [3.8, 4) is 11.8 Å². The molecule has 4 rings (SSSR count). The summed E-state index contributed by atoms with van der Waals surface area (Å²) in [6, 6.07) is 8.56. The lowest BCUT2D eigenvalue weighted by molar-refractivity contribution is 0.0357. The largest absolute Gasteiger partial charge is 0.492 e. The van der Waals surface area contributed by atoms with Gasteiger partial charge in [-0.3, -0.25) is 4.90 Å². The maximum absolute atomic E-state index is 12.5. The SMILES string of the molecule is C[C@H]1CN(Cc2ccc(N3CCOCC3)cc2Cl)CCN1C(=O)On1c(O)ccc1O. The lowest BCUT2D eigenvalue weighted by Crippen LogP contribution is -2.55. The summed E-state index contributed by atoms with van der Waals surface area (Å²) in [6.45, 7) is 7.59. The van der Waals surface area contributed by atoms with Crippen molar-refractivity contribution in [2.24, 2.45) is 0 Å². The van der Waals surface area contributed by atoms with Crippen LogP contribution in [0.1, 0.15) is 12.5 Å². The van der Waals surface area contributed by atoms with Gasteiger partial charge in [0.05, 0.1) is 13.2 Å². The van der Waals surface area contributed by atoms with Crippen LogP contribution in [0.5, 0.6) is 11.8 Å². The van der Waals surface area contributed by atoms with Gasteiger partial charge in [0, 0.05) is 68.2 Å². The lowest BCUT2D eigenvalue weighted by Gasteiger charge is -2.39. The fourth-order valence-corrected chi connectivity index (χ4v) is 4.23. The Bertz CT molecular complexity index is 911. The normalized spacial score (nSPS) is 20.1. The lowest BCUT2D eigenvalue weighted by atomic mass is 10.1. The van der Waals surface area contributed by atoms with Crippen LogP contribution in [-0.2, 0) is 11.3 Å². The van der Waals surface area contributed by atoms with Gasteiger partial charge in [-0.2, -0.15) is 0 Å². The zero-order valence-corrected chi connectivity index (χ0v) is 18.2. The Morgan fingerprint density at radius 1 is 1.13 bits per heavy atom. The number of morpholine rings is 1. The van der Waals surface area contributed by atoms with Gasteiger partial charge in [-0.25, -0.2) is 4.79 Å². The predicted octanol–water partition coefficient (Wildman–Crippen LogP) is 2.14. The number of rotatable bonds is 4. The highest BCUT2D eigenvalue weighted by molar-refractivity contribution is 6.31. The average molecular weight is 451 g/mol. The number of benzene rings is 1. The maximum atomic E-state index is 12.5. The molecule has 0 unspecified atom stereocenters. The van der Waals surface area contributed by atoms with Crippen LogP contribution in [-0.4, -0.2) is 82.8 Å². The first kappa shape index (κ1) is 21.6. The standard InChI is InChI=1S/C21H27ClN4O5/c1-15-13-23(6-7-25(15)21(29)31-26-19(27)4-5-20(26)28)14-16-2-3-17(12-18(16)22)24-8-10-30-11-9-24/h2-5,12,15,27-28H,6-11,13-14H2,1H3/t15-/m0/s1. The first-order chi connectivity index (χ1) is 14.9. The number of hydrogen-bond acceptors (Lipinski definition) is 7. The molecule has 2 fully saturated rings. The quantitative estimate of drug-likeness (QED) is 0.737. The van der Waals surface area contributed by atoms with Crippen LogP contribution in [0.2, 0.25) is 5.02 Å². The van der Waals surface area contributed by atoms with Crippen LogP contribution in [0.4, 0.5) is 10.5 Å². The van der Waals surface area contributed by atoms with Gasteiger partial charge >= 0.3 is 6.09 Å². The second-order valence-corrected chi connectivity index (χ2v) is 8.26. The van der Waals surface area contributed by atoms with E-state index < -0.39 is 6.09 Å². The minimum atomic E-state index is -0.623. The molecule has 0 spiro atoms. The molecule has 2 saturated heterocycles. The van der Waals surface area contributed by atoms with Crippen LogP contribution in [0.3, 0.4) is 0 Å². The summed E-state index contributed by atoms with van der Waals surface area (Å²) in [5.41, 5.74) is 2.15. The molecular formula is C21H27ClN4O5. The third-order valence-corrected chi connectivity index (χ3v) is 6.07. The van der Waals surface area contributed by atoms with Crippen molar-refractivity contribution in [3.63, 3.8) is 0 Å². The number of amides is 1. The molecule has 3 heterocycles. The Morgan fingerprint density at radius 2 is 1.84 bits per heavy atom. The van der Waals surface area contributed by atoms with Crippen molar-refractivity contribution >= 4 is 23.4 Å². The first-order valence-corrected chi connectivity index (χ1v) is 10.7. The van der Waals surface area contributed by atoms with Crippen LogP contribution < -0.4 is 9.74 Å². The van der Waals surface area contributed by atoms with Crippen LogP contribution in [0, 0.1) is 0 Å². The summed E-state index contributed by atoms with van der Waals surface area (Å²) in [5.74, 6) is -0.681. The minimum Gasteiger partial charge on any atom is -0.492 e. The molecule has 1 aromatic carbocycles. The van der Waals surface area contributed by atoms with E-state index in [0.29, 0.717) is 30.9 Å². The Labute approximate surface area is 185 Å². The number of carbonyl (C=O) groups excluding carboxylic acids is 1. The molecular weight excluding hydrogens is 424 g/mol. The fraction of sp³-hybridized carbons (Fsp3) is 0.476. The molecule has 2 N–H and O–H groups in total. The summed E-state index contributed by atoms with van der Waals surface area (Å²) < 4.78 is 6.11. The molecule has 0 saturated carbocycles. The molecule has 2 aliphatic heterocycles. The van der Waals surface area contributed by atoms with Gasteiger partial charge in [-0.05, 0) is 24.6 Å². The second-order valence-electron chi connectivity index (χ2n) is 7.85. The summed E-state index contributed by atoms with van der Waals surface area (Å²) in [5, 5.41) is 20.0. The molecule has 1 aromatic heterocycles. The van der Waals surface area contributed by atoms with Gasteiger partial charge in [-0.1, -0.05) is 17.7 Å². The van der Waals surface area contributed by atoms with Gasteiger partial charge in [-0.15, -0.1) is 4.73 Å². The molecule has 10 heteroatoms. The number of ether oxygens (including phenoxy) is 1. The van der Waals surface area contributed by atoms with E-state index in [4.69, 9.17) is 21.2 Å². The molecule has 0 radical (unpaired) electrons. The monoisotopic (exact) mass is 450 g/mol. The number of nitrogens with zero attached hydrogens (tertiary/aromatic N) is 4. The molecule has 9 nitrogen and oxygen atoms in total. The molecule has 0 bridgehead atoms.